The molecule has 3 N–H and O–H groups in total. The summed E-state index contributed by atoms with van der Waals surface area (Å²) < 4.78 is 5.49. The van der Waals surface area contributed by atoms with Gasteiger partial charge in [-0.2, -0.15) is 0 Å². The van der Waals surface area contributed by atoms with Gasteiger partial charge in [-0.3, -0.25) is 0 Å². The third-order valence-corrected chi connectivity index (χ3v) is 4.15. The fourth-order valence-corrected chi connectivity index (χ4v) is 2.84. The van der Waals surface area contributed by atoms with Gasteiger partial charge in [-0.15, -0.1) is 11.3 Å². The molecule has 102 valence electrons. The smallest absolute Gasteiger partial charge is 0.144 e. The van der Waals surface area contributed by atoms with Crippen LogP contribution in [0.25, 0.3) is 0 Å². The van der Waals surface area contributed by atoms with Gasteiger partial charge in [0.15, 0.2) is 0 Å². The summed E-state index contributed by atoms with van der Waals surface area (Å²) in [7, 11) is 0. The number of hydrogen-bond acceptors (Lipinski definition) is 4. The second-order valence-electron chi connectivity index (χ2n) is 4.49. The molecule has 1 heterocycles. The fraction of sp³-hybridized carbons (Fsp3) is 0.333. The van der Waals surface area contributed by atoms with Gasteiger partial charge in [0.2, 0.25) is 0 Å². The maximum atomic E-state index is 5.86. The second kappa shape index (κ2) is 5.97. The van der Waals surface area contributed by atoms with Gasteiger partial charge in [0.25, 0.3) is 0 Å². The Morgan fingerprint density at radius 2 is 2.05 bits per heavy atom. The van der Waals surface area contributed by atoms with Crippen LogP contribution in [0, 0.1) is 13.8 Å². The minimum absolute atomic E-state index is 0.622. The molecular formula is C15H20N2OS. The van der Waals surface area contributed by atoms with Gasteiger partial charge < -0.3 is 15.8 Å². The van der Waals surface area contributed by atoms with Crippen LogP contribution in [0.15, 0.2) is 24.3 Å². The van der Waals surface area contributed by atoms with Crippen LogP contribution in [0.1, 0.15) is 22.2 Å². The molecule has 0 aliphatic heterocycles. The van der Waals surface area contributed by atoms with Crippen molar-refractivity contribution in [2.75, 3.05) is 17.7 Å². The van der Waals surface area contributed by atoms with E-state index in [4.69, 9.17) is 10.5 Å². The number of aryl methyl sites for hydroxylation is 2. The van der Waals surface area contributed by atoms with Gasteiger partial charge >= 0.3 is 0 Å². The second-order valence-corrected chi connectivity index (χ2v) is 5.83. The van der Waals surface area contributed by atoms with Gasteiger partial charge in [0.05, 0.1) is 12.3 Å². The van der Waals surface area contributed by atoms with Crippen molar-refractivity contribution in [2.45, 2.75) is 27.3 Å². The molecule has 0 unspecified atom stereocenters. The van der Waals surface area contributed by atoms with Crippen molar-refractivity contribution < 1.29 is 4.74 Å². The lowest BCUT2D eigenvalue weighted by Crippen LogP contribution is -2.01. The summed E-state index contributed by atoms with van der Waals surface area (Å²) >= 11 is 1.83. The fourth-order valence-electron chi connectivity index (χ4n) is 1.85. The van der Waals surface area contributed by atoms with Crippen LogP contribution < -0.4 is 15.8 Å². The molecule has 0 radical (unpaired) electrons. The Balaban J connectivity index is 2.05. The SMILES string of the molecule is CCOc1cc(NCc2cc(C)c(C)s2)ccc1N. The number of rotatable bonds is 5. The minimum Gasteiger partial charge on any atom is -0.492 e. The van der Waals surface area contributed by atoms with E-state index in [0.717, 1.165) is 18.0 Å². The summed E-state index contributed by atoms with van der Waals surface area (Å²) in [5.41, 5.74) is 8.92. The standard InChI is InChI=1S/C15H20N2OS/c1-4-18-15-8-12(5-6-14(15)16)17-9-13-7-10(2)11(3)19-13/h5-8,17H,4,9,16H2,1-3H3. The molecule has 1 aromatic heterocycles. The van der Waals surface area contributed by atoms with Gasteiger partial charge in [-0.05, 0) is 44.5 Å². The lowest BCUT2D eigenvalue weighted by atomic mass is 10.2. The summed E-state index contributed by atoms with van der Waals surface area (Å²) in [6.45, 7) is 7.70. The predicted octanol–water partition coefficient (Wildman–Crippen LogP) is 3.96. The number of nitrogen functional groups attached to an aromatic ring is 1. The first-order valence-electron chi connectivity index (χ1n) is 6.42. The Labute approximate surface area is 118 Å². The quantitative estimate of drug-likeness (QED) is 0.813. The van der Waals surface area contributed by atoms with E-state index in [-0.39, 0.29) is 0 Å². The highest BCUT2D eigenvalue weighted by Crippen LogP contribution is 2.27. The molecule has 0 saturated carbocycles. The molecule has 0 bridgehead atoms. The number of benzene rings is 1. The van der Waals surface area contributed by atoms with Crippen LogP contribution in [0.2, 0.25) is 0 Å². The average Bonchev–Trinajstić information content (AvgIpc) is 2.70. The molecule has 0 aliphatic carbocycles. The van der Waals surface area contributed by atoms with Crippen LogP contribution >= 0.6 is 11.3 Å². The zero-order valence-electron chi connectivity index (χ0n) is 11.6. The van der Waals surface area contributed by atoms with Gasteiger partial charge in [-0.1, -0.05) is 0 Å². The summed E-state index contributed by atoms with van der Waals surface area (Å²) in [4.78, 5) is 2.72. The number of anilines is 2. The average molecular weight is 276 g/mol. The maximum Gasteiger partial charge on any atom is 0.144 e. The molecule has 0 fully saturated rings. The first kappa shape index (κ1) is 13.7. The molecule has 2 aromatic rings. The minimum atomic E-state index is 0.622. The molecule has 19 heavy (non-hydrogen) atoms. The monoisotopic (exact) mass is 276 g/mol. The number of thiophene rings is 1. The zero-order chi connectivity index (χ0) is 13.8. The van der Waals surface area contributed by atoms with Crippen molar-refractivity contribution in [1.29, 1.82) is 0 Å². The Kier molecular flexibility index (Phi) is 4.32. The van der Waals surface area contributed by atoms with Crippen LogP contribution in [0.3, 0.4) is 0 Å². The molecule has 0 saturated heterocycles. The maximum absolute atomic E-state index is 5.86. The lowest BCUT2D eigenvalue weighted by molar-refractivity contribution is 0.342. The number of hydrogen-bond donors (Lipinski definition) is 2. The normalized spacial score (nSPS) is 10.5. The van der Waals surface area contributed by atoms with Crippen molar-refractivity contribution in [3.05, 3.63) is 39.6 Å². The van der Waals surface area contributed by atoms with Crippen molar-refractivity contribution >= 4 is 22.7 Å². The van der Waals surface area contributed by atoms with Crippen LogP contribution in [0.4, 0.5) is 11.4 Å². The Morgan fingerprint density at radius 3 is 2.68 bits per heavy atom. The van der Waals surface area contributed by atoms with Crippen LogP contribution in [-0.4, -0.2) is 6.61 Å². The number of ether oxygens (including phenoxy) is 1. The molecule has 0 amide bonds. The highest BCUT2D eigenvalue weighted by Gasteiger charge is 2.04. The van der Waals surface area contributed by atoms with Crippen molar-refractivity contribution in [2.24, 2.45) is 0 Å². The Morgan fingerprint density at radius 1 is 1.26 bits per heavy atom. The van der Waals surface area contributed by atoms with E-state index in [0.29, 0.717) is 12.3 Å². The molecule has 0 aliphatic rings. The first-order chi connectivity index (χ1) is 9.10. The molecule has 3 nitrogen and oxygen atoms in total. The topological polar surface area (TPSA) is 47.3 Å². The highest BCUT2D eigenvalue weighted by atomic mass is 32.1. The highest BCUT2D eigenvalue weighted by molar-refractivity contribution is 7.12. The first-order valence-corrected chi connectivity index (χ1v) is 7.24. The zero-order valence-corrected chi connectivity index (χ0v) is 12.4. The summed E-state index contributed by atoms with van der Waals surface area (Å²) in [6.07, 6.45) is 0. The molecule has 2 rings (SSSR count). The van der Waals surface area contributed by atoms with Crippen LogP contribution in [-0.2, 0) is 6.54 Å². The third kappa shape index (κ3) is 3.41. The van der Waals surface area contributed by atoms with Gasteiger partial charge in [0.1, 0.15) is 5.75 Å². The van der Waals surface area contributed by atoms with E-state index >= 15 is 0 Å². The van der Waals surface area contributed by atoms with E-state index in [1.165, 1.54) is 15.3 Å². The van der Waals surface area contributed by atoms with E-state index in [1.54, 1.807) is 0 Å². The number of nitrogens with two attached hydrogens (primary N) is 1. The van der Waals surface area contributed by atoms with Crippen molar-refractivity contribution in [3.63, 3.8) is 0 Å². The van der Waals surface area contributed by atoms with E-state index in [1.807, 2.05) is 36.5 Å². The largest absolute Gasteiger partial charge is 0.492 e. The van der Waals surface area contributed by atoms with Crippen molar-refractivity contribution in [1.82, 2.24) is 0 Å². The van der Waals surface area contributed by atoms with E-state index in [2.05, 4.69) is 25.2 Å². The summed E-state index contributed by atoms with van der Waals surface area (Å²) in [5.74, 6) is 0.742. The molecule has 1 aromatic carbocycles. The third-order valence-electron chi connectivity index (χ3n) is 3.00. The van der Waals surface area contributed by atoms with Gasteiger partial charge in [0, 0.05) is 28.1 Å². The van der Waals surface area contributed by atoms with E-state index < -0.39 is 0 Å². The van der Waals surface area contributed by atoms with Crippen LogP contribution in [0.5, 0.6) is 5.75 Å². The van der Waals surface area contributed by atoms with Gasteiger partial charge in [-0.25, -0.2) is 0 Å². The molecule has 0 atom stereocenters. The summed E-state index contributed by atoms with van der Waals surface area (Å²) in [5, 5.41) is 3.40. The lowest BCUT2D eigenvalue weighted by Gasteiger charge is -2.10. The number of nitrogens with one attached hydrogen (secondary N) is 1. The predicted molar refractivity (Wildman–Crippen MR) is 83.1 cm³/mol. The molecule has 0 spiro atoms. The van der Waals surface area contributed by atoms with Crippen molar-refractivity contribution in [3.8, 4) is 5.75 Å². The van der Waals surface area contributed by atoms with E-state index in [9.17, 15) is 0 Å². The molecular weight excluding hydrogens is 256 g/mol. The Hall–Kier alpha value is -1.68. The Bertz CT molecular complexity index is 544. The molecule has 4 heteroatoms. The summed E-state index contributed by atoms with van der Waals surface area (Å²) in [6, 6.07) is 8.03.